The summed E-state index contributed by atoms with van der Waals surface area (Å²) in [5, 5.41) is 0.692. The highest BCUT2D eigenvalue weighted by Crippen LogP contribution is 2.39. The number of benzene rings is 1. The molecule has 0 amide bonds. The third-order valence-corrected chi connectivity index (χ3v) is 4.83. The summed E-state index contributed by atoms with van der Waals surface area (Å²) in [7, 11) is 3.85. The van der Waals surface area contributed by atoms with Gasteiger partial charge in [0.25, 0.3) is 0 Å². The zero-order chi connectivity index (χ0) is 15.6. The third-order valence-electron chi connectivity index (χ3n) is 4.53. The molecule has 1 aliphatic heterocycles. The van der Waals surface area contributed by atoms with Crippen molar-refractivity contribution in [3.63, 3.8) is 0 Å². The van der Waals surface area contributed by atoms with Crippen LogP contribution >= 0.6 is 11.6 Å². The van der Waals surface area contributed by atoms with E-state index in [1.807, 2.05) is 6.08 Å². The Morgan fingerprint density at radius 2 is 2.19 bits per heavy atom. The summed E-state index contributed by atoms with van der Waals surface area (Å²) in [5.41, 5.74) is 3.96. The van der Waals surface area contributed by atoms with Crippen LogP contribution in [0.3, 0.4) is 0 Å². The zero-order valence-electron chi connectivity index (χ0n) is 13.3. The van der Waals surface area contributed by atoms with E-state index in [9.17, 15) is 0 Å². The molecule has 0 spiro atoms. The lowest BCUT2D eigenvalue weighted by molar-refractivity contribution is 0.249. The van der Waals surface area contributed by atoms with Crippen LogP contribution in [0.25, 0.3) is 0 Å². The van der Waals surface area contributed by atoms with Gasteiger partial charge in [0.1, 0.15) is 5.75 Å². The van der Waals surface area contributed by atoms with E-state index in [-0.39, 0.29) is 0 Å². The third kappa shape index (κ3) is 3.17. The van der Waals surface area contributed by atoms with Crippen LogP contribution in [0.4, 0.5) is 0 Å². The van der Waals surface area contributed by atoms with Gasteiger partial charge in [0.05, 0.1) is 12.1 Å². The number of allylic oxidation sites excluding steroid dienone is 2. The maximum atomic E-state index is 6.31. The molecule has 0 N–H and O–H groups in total. The molecule has 0 fully saturated rings. The van der Waals surface area contributed by atoms with Crippen molar-refractivity contribution in [2.75, 3.05) is 20.7 Å². The van der Waals surface area contributed by atoms with Gasteiger partial charge in [-0.15, -0.1) is 0 Å². The van der Waals surface area contributed by atoms with Gasteiger partial charge >= 0.3 is 0 Å². The Hall–Kier alpha value is -1.25. The fourth-order valence-electron chi connectivity index (χ4n) is 3.20. The molecule has 0 saturated heterocycles. The topological polar surface area (TPSA) is 12.5 Å². The molecular weight excluding hydrogens is 282 g/mol. The Kier molecular flexibility index (Phi) is 5.13. The van der Waals surface area contributed by atoms with Crippen LogP contribution in [0.5, 0.6) is 5.75 Å². The Balaban J connectivity index is 2.61. The molecule has 0 radical (unpaired) electrons. The molecule has 1 aromatic rings. The zero-order valence-corrected chi connectivity index (χ0v) is 14.1. The van der Waals surface area contributed by atoms with Crippen molar-refractivity contribution in [2.24, 2.45) is 0 Å². The molecule has 2 nitrogen and oxygen atoms in total. The van der Waals surface area contributed by atoms with Gasteiger partial charge in [0, 0.05) is 18.5 Å². The van der Waals surface area contributed by atoms with Crippen LogP contribution in [-0.4, -0.2) is 31.6 Å². The van der Waals surface area contributed by atoms with Crippen molar-refractivity contribution < 1.29 is 4.74 Å². The molecule has 1 aliphatic rings. The van der Waals surface area contributed by atoms with Crippen molar-refractivity contribution in [3.8, 4) is 5.75 Å². The van der Waals surface area contributed by atoms with Gasteiger partial charge in [-0.05, 0) is 50.6 Å². The molecule has 21 heavy (non-hydrogen) atoms. The Morgan fingerprint density at radius 3 is 2.81 bits per heavy atom. The highest BCUT2D eigenvalue weighted by atomic mass is 35.5. The first-order chi connectivity index (χ1) is 9.99. The lowest BCUT2D eigenvalue weighted by atomic mass is 9.83. The molecule has 1 heterocycles. The van der Waals surface area contributed by atoms with E-state index in [4.69, 9.17) is 16.3 Å². The molecule has 0 unspecified atom stereocenters. The van der Waals surface area contributed by atoms with Crippen molar-refractivity contribution in [2.45, 2.75) is 32.2 Å². The van der Waals surface area contributed by atoms with E-state index in [1.165, 1.54) is 16.7 Å². The first kappa shape index (κ1) is 16.1. The maximum absolute atomic E-state index is 6.31. The van der Waals surface area contributed by atoms with Gasteiger partial charge in [-0.3, -0.25) is 0 Å². The maximum Gasteiger partial charge on any atom is 0.137 e. The summed E-state index contributed by atoms with van der Waals surface area (Å²) in [6.07, 6.45) is 4.97. The highest BCUT2D eigenvalue weighted by Gasteiger charge is 2.30. The van der Waals surface area contributed by atoms with Crippen LogP contribution in [0.15, 0.2) is 36.4 Å². The first-order valence-electron chi connectivity index (χ1n) is 7.35. The van der Waals surface area contributed by atoms with Crippen molar-refractivity contribution in [3.05, 3.63) is 52.6 Å². The predicted octanol–water partition coefficient (Wildman–Crippen LogP) is 4.44. The molecule has 3 heteroatoms. The number of ether oxygens (including phenoxy) is 1. The van der Waals surface area contributed by atoms with E-state index in [0.29, 0.717) is 17.0 Å². The highest BCUT2D eigenvalue weighted by molar-refractivity contribution is 6.32. The van der Waals surface area contributed by atoms with Gasteiger partial charge in [-0.25, -0.2) is 0 Å². The summed E-state index contributed by atoms with van der Waals surface area (Å²) in [6.45, 7) is 9.32. The molecule has 1 aromatic carbocycles. The fourth-order valence-corrected chi connectivity index (χ4v) is 3.47. The molecule has 0 aromatic heterocycles. The largest absolute Gasteiger partial charge is 0.495 e. The molecule has 0 bridgehead atoms. The SMILES string of the molecule is C=C/C=C(\C)[C@@H]1c2cc(OC)c(Cl)cc2CCN(C)[C@H]1C. The number of hydrogen-bond donors (Lipinski definition) is 0. The lowest BCUT2D eigenvalue weighted by Crippen LogP contribution is -2.34. The van der Waals surface area contributed by atoms with Gasteiger partial charge in [0.2, 0.25) is 0 Å². The summed E-state index contributed by atoms with van der Waals surface area (Å²) in [5.74, 6) is 1.08. The minimum absolute atomic E-state index is 0.330. The standard InChI is InChI=1S/C18H24ClNO/c1-6-7-12(2)18-13(3)20(4)9-8-14-10-16(19)17(21-5)11-15(14)18/h6-7,10-11,13,18H,1,8-9H2,2-5H3/b12-7+/t13-,18-/m0/s1. The average molecular weight is 306 g/mol. The lowest BCUT2D eigenvalue weighted by Gasteiger charge is -2.31. The second-order valence-electron chi connectivity index (χ2n) is 5.78. The number of halogens is 1. The van der Waals surface area contributed by atoms with E-state index < -0.39 is 0 Å². The van der Waals surface area contributed by atoms with E-state index >= 15 is 0 Å². The van der Waals surface area contributed by atoms with E-state index in [1.54, 1.807) is 7.11 Å². The summed E-state index contributed by atoms with van der Waals surface area (Å²) >= 11 is 6.31. The predicted molar refractivity (Wildman–Crippen MR) is 90.5 cm³/mol. The van der Waals surface area contributed by atoms with Crippen molar-refractivity contribution in [1.82, 2.24) is 4.90 Å². The van der Waals surface area contributed by atoms with Crippen LogP contribution in [0.1, 0.15) is 30.9 Å². The van der Waals surface area contributed by atoms with Gasteiger partial charge in [-0.1, -0.05) is 35.9 Å². The minimum atomic E-state index is 0.330. The number of likely N-dealkylation sites (N-methyl/N-ethyl adjacent to an activating group) is 1. The number of nitrogens with zero attached hydrogens (tertiary/aromatic N) is 1. The second-order valence-corrected chi connectivity index (χ2v) is 6.19. The molecular formula is C18H24ClNO. The summed E-state index contributed by atoms with van der Waals surface area (Å²) < 4.78 is 5.42. The van der Waals surface area contributed by atoms with Gasteiger partial charge in [0.15, 0.2) is 0 Å². The number of hydrogen-bond acceptors (Lipinski definition) is 2. The smallest absolute Gasteiger partial charge is 0.137 e. The van der Waals surface area contributed by atoms with Gasteiger partial charge in [-0.2, -0.15) is 0 Å². The normalized spacial score (nSPS) is 23.4. The Bertz CT molecular complexity index is 565. The quantitative estimate of drug-likeness (QED) is 0.765. The van der Waals surface area contributed by atoms with Crippen molar-refractivity contribution in [1.29, 1.82) is 0 Å². The van der Waals surface area contributed by atoms with Crippen molar-refractivity contribution >= 4 is 11.6 Å². The van der Waals surface area contributed by atoms with Crippen LogP contribution in [0.2, 0.25) is 5.02 Å². The van der Waals surface area contributed by atoms with Crippen LogP contribution < -0.4 is 4.74 Å². The molecule has 114 valence electrons. The molecule has 0 aliphatic carbocycles. The van der Waals surface area contributed by atoms with E-state index in [0.717, 1.165) is 18.7 Å². The molecule has 0 saturated carbocycles. The monoisotopic (exact) mass is 305 g/mol. The average Bonchev–Trinajstić information content (AvgIpc) is 2.57. The summed E-state index contributed by atoms with van der Waals surface area (Å²) in [4.78, 5) is 2.41. The van der Waals surface area contributed by atoms with E-state index in [2.05, 4.69) is 50.6 Å². The number of rotatable bonds is 3. The Labute approximate surface area is 133 Å². The summed E-state index contributed by atoms with van der Waals surface area (Å²) in [6, 6.07) is 4.60. The second kappa shape index (κ2) is 6.67. The van der Waals surface area contributed by atoms with Crippen LogP contribution in [0, 0.1) is 0 Å². The minimum Gasteiger partial charge on any atom is -0.495 e. The number of methoxy groups -OCH3 is 1. The first-order valence-corrected chi connectivity index (χ1v) is 7.73. The fraction of sp³-hybridized carbons (Fsp3) is 0.444. The molecule has 2 rings (SSSR count). The van der Waals surface area contributed by atoms with Gasteiger partial charge < -0.3 is 9.64 Å². The molecule has 2 atom stereocenters. The Morgan fingerprint density at radius 1 is 1.48 bits per heavy atom. The number of fused-ring (bicyclic) bond motifs is 1. The van der Waals surface area contributed by atoms with Crippen LogP contribution in [-0.2, 0) is 6.42 Å².